The molecule has 1 fully saturated rings. The van der Waals surface area contributed by atoms with Gasteiger partial charge in [-0.05, 0) is 49.9 Å². The van der Waals surface area contributed by atoms with E-state index in [9.17, 15) is 4.79 Å². The summed E-state index contributed by atoms with van der Waals surface area (Å²) in [6.07, 6.45) is 0.680. The van der Waals surface area contributed by atoms with Gasteiger partial charge < -0.3 is 14.1 Å². The van der Waals surface area contributed by atoms with Crippen molar-refractivity contribution >= 4 is 23.4 Å². The number of thioether (sulfide) groups is 1. The summed E-state index contributed by atoms with van der Waals surface area (Å²) in [6.45, 7) is 6.66. The number of rotatable bonds is 6. The highest BCUT2D eigenvalue weighted by Gasteiger charge is 2.29. The number of anilines is 1. The second kappa shape index (κ2) is 7.04. The van der Waals surface area contributed by atoms with E-state index in [0.29, 0.717) is 24.1 Å². The minimum Gasteiger partial charge on any atom is -0.465 e. The molecule has 122 valence electrons. The topological polar surface area (TPSA) is 68.5 Å². The Labute approximate surface area is 139 Å². The first-order valence-electron chi connectivity index (χ1n) is 7.73. The van der Waals surface area contributed by atoms with Gasteiger partial charge >= 0.3 is 5.97 Å². The Kier molecular flexibility index (Phi) is 4.85. The standard InChI is InChI=1S/C16H19N3O3S/c1-3-19(4-2)12-7-5-11(6-8-12)14-17-18-16(22-14)23-13-9-10-21-15(13)20/h5-8,13H,3-4,9-10H2,1-2H3/t13-/m0/s1. The summed E-state index contributed by atoms with van der Waals surface area (Å²) in [4.78, 5) is 13.7. The number of carbonyl (C=O) groups excluding carboxylic acids is 1. The van der Waals surface area contributed by atoms with Crippen molar-refractivity contribution in [3.05, 3.63) is 24.3 Å². The molecule has 1 aromatic carbocycles. The fourth-order valence-corrected chi connectivity index (χ4v) is 3.32. The number of benzene rings is 1. The molecule has 1 aliphatic rings. The highest BCUT2D eigenvalue weighted by molar-refractivity contribution is 8.00. The second-order valence-electron chi connectivity index (χ2n) is 5.15. The van der Waals surface area contributed by atoms with Crippen LogP contribution < -0.4 is 4.90 Å². The van der Waals surface area contributed by atoms with Crippen molar-refractivity contribution in [1.29, 1.82) is 0 Å². The summed E-state index contributed by atoms with van der Waals surface area (Å²) in [7, 11) is 0. The van der Waals surface area contributed by atoms with E-state index < -0.39 is 0 Å². The molecule has 1 aliphatic heterocycles. The van der Waals surface area contributed by atoms with E-state index in [4.69, 9.17) is 9.15 Å². The predicted octanol–water partition coefficient (Wildman–Crippen LogP) is 2.99. The molecule has 2 heterocycles. The van der Waals surface area contributed by atoms with Gasteiger partial charge in [0.25, 0.3) is 5.22 Å². The van der Waals surface area contributed by atoms with E-state index in [0.717, 1.165) is 18.7 Å². The first-order valence-corrected chi connectivity index (χ1v) is 8.61. The zero-order chi connectivity index (χ0) is 16.2. The van der Waals surface area contributed by atoms with Crippen LogP contribution in [0.5, 0.6) is 0 Å². The van der Waals surface area contributed by atoms with Gasteiger partial charge in [0, 0.05) is 30.8 Å². The van der Waals surface area contributed by atoms with E-state index in [2.05, 4.69) is 28.9 Å². The number of hydrogen-bond acceptors (Lipinski definition) is 7. The quantitative estimate of drug-likeness (QED) is 0.753. The second-order valence-corrected chi connectivity index (χ2v) is 6.31. The average Bonchev–Trinajstić information content (AvgIpc) is 3.20. The molecule has 1 saturated heterocycles. The molecule has 2 aromatic rings. The zero-order valence-corrected chi connectivity index (χ0v) is 14.0. The number of hydrogen-bond donors (Lipinski definition) is 0. The molecule has 23 heavy (non-hydrogen) atoms. The van der Waals surface area contributed by atoms with Gasteiger partial charge in [-0.25, -0.2) is 0 Å². The number of ether oxygens (including phenoxy) is 1. The van der Waals surface area contributed by atoms with Crippen LogP contribution in [0.3, 0.4) is 0 Å². The number of nitrogens with zero attached hydrogens (tertiary/aromatic N) is 3. The molecule has 0 saturated carbocycles. The van der Waals surface area contributed by atoms with E-state index in [1.807, 2.05) is 24.3 Å². The van der Waals surface area contributed by atoms with Crippen LogP contribution in [0.2, 0.25) is 0 Å². The SMILES string of the molecule is CCN(CC)c1ccc(-c2nnc(S[C@H]3CCOC3=O)o2)cc1. The van der Waals surface area contributed by atoms with Gasteiger partial charge in [-0.2, -0.15) is 0 Å². The average molecular weight is 333 g/mol. The normalized spacial score (nSPS) is 17.3. The molecule has 0 bridgehead atoms. The maximum absolute atomic E-state index is 11.5. The molecular formula is C16H19N3O3S. The van der Waals surface area contributed by atoms with Gasteiger partial charge in [-0.15, -0.1) is 10.2 Å². The molecule has 0 aliphatic carbocycles. The van der Waals surface area contributed by atoms with Crippen LogP contribution in [0.4, 0.5) is 5.69 Å². The molecule has 0 radical (unpaired) electrons. The van der Waals surface area contributed by atoms with Crippen LogP contribution in [0.25, 0.3) is 11.5 Å². The Bertz CT molecular complexity index is 667. The van der Waals surface area contributed by atoms with Crippen molar-refractivity contribution in [1.82, 2.24) is 10.2 Å². The lowest BCUT2D eigenvalue weighted by Crippen LogP contribution is -2.21. The largest absolute Gasteiger partial charge is 0.465 e. The van der Waals surface area contributed by atoms with Gasteiger partial charge in [-0.1, -0.05) is 0 Å². The van der Waals surface area contributed by atoms with E-state index in [1.165, 1.54) is 17.4 Å². The molecular weight excluding hydrogens is 314 g/mol. The highest BCUT2D eigenvalue weighted by Crippen LogP contribution is 2.31. The predicted molar refractivity (Wildman–Crippen MR) is 88.5 cm³/mol. The van der Waals surface area contributed by atoms with Crippen molar-refractivity contribution in [3.8, 4) is 11.5 Å². The van der Waals surface area contributed by atoms with Crippen LogP contribution in [-0.2, 0) is 9.53 Å². The Morgan fingerprint density at radius 3 is 2.57 bits per heavy atom. The molecule has 1 atom stereocenters. The van der Waals surface area contributed by atoms with Crippen molar-refractivity contribution < 1.29 is 13.9 Å². The summed E-state index contributed by atoms with van der Waals surface area (Å²) in [6, 6.07) is 8.04. The number of carbonyl (C=O) groups is 1. The molecule has 6 nitrogen and oxygen atoms in total. The van der Waals surface area contributed by atoms with Gasteiger partial charge in [0.15, 0.2) is 0 Å². The van der Waals surface area contributed by atoms with Crippen LogP contribution in [-0.4, -0.2) is 41.1 Å². The minimum atomic E-state index is -0.242. The Morgan fingerprint density at radius 2 is 1.96 bits per heavy atom. The molecule has 3 rings (SSSR count). The first kappa shape index (κ1) is 15.9. The van der Waals surface area contributed by atoms with Crippen LogP contribution >= 0.6 is 11.8 Å². The zero-order valence-electron chi connectivity index (χ0n) is 13.2. The van der Waals surface area contributed by atoms with Gasteiger partial charge in [-0.3, -0.25) is 4.79 Å². The number of cyclic esters (lactones) is 1. The van der Waals surface area contributed by atoms with Crippen LogP contribution in [0.15, 0.2) is 33.9 Å². The fraction of sp³-hybridized carbons (Fsp3) is 0.438. The van der Waals surface area contributed by atoms with Crippen LogP contribution in [0, 0.1) is 0 Å². The lowest BCUT2D eigenvalue weighted by atomic mass is 10.2. The summed E-state index contributed by atoms with van der Waals surface area (Å²) >= 11 is 1.27. The number of aromatic nitrogens is 2. The van der Waals surface area contributed by atoms with E-state index in [1.54, 1.807) is 0 Å². The summed E-state index contributed by atoms with van der Waals surface area (Å²) in [5, 5.41) is 8.23. The third-order valence-corrected chi connectivity index (χ3v) is 4.86. The monoisotopic (exact) mass is 333 g/mol. The van der Waals surface area contributed by atoms with Crippen LogP contribution in [0.1, 0.15) is 20.3 Å². The highest BCUT2D eigenvalue weighted by atomic mass is 32.2. The lowest BCUT2D eigenvalue weighted by molar-refractivity contribution is -0.137. The molecule has 0 unspecified atom stereocenters. The first-order chi connectivity index (χ1) is 11.2. The van der Waals surface area contributed by atoms with E-state index >= 15 is 0 Å². The maximum Gasteiger partial charge on any atom is 0.319 e. The molecule has 0 amide bonds. The van der Waals surface area contributed by atoms with E-state index in [-0.39, 0.29) is 11.2 Å². The Balaban J connectivity index is 1.71. The number of esters is 1. The molecule has 0 N–H and O–H groups in total. The van der Waals surface area contributed by atoms with Crippen molar-refractivity contribution in [2.45, 2.75) is 30.7 Å². The summed E-state index contributed by atoms with van der Waals surface area (Å²) in [5.74, 6) is 0.253. The minimum absolute atomic E-state index is 0.210. The third-order valence-electron chi connectivity index (χ3n) is 3.78. The lowest BCUT2D eigenvalue weighted by Gasteiger charge is -2.20. The molecule has 1 aromatic heterocycles. The maximum atomic E-state index is 11.5. The van der Waals surface area contributed by atoms with Crippen molar-refractivity contribution in [2.24, 2.45) is 0 Å². The van der Waals surface area contributed by atoms with Gasteiger partial charge in [0.1, 0.15) is 5.25 Å². The van der Waals surface area contributed by atoms with Gasteiger partial charge in [0.2, 0.25) is 5.89 Å². The summed E-state index contributed by atoms with van der Waals surface area (Å²) in [5.41, 5.74) is 2.04. The molecule has 0 spiro atoms. The Morgan fingerprint density at radius 1 is 1.22 bits per heavy atom. The smallest absolute Gasteiger partial charge is 0.319 e. The van der Waals surface area contributed by atoms with Crippen molar-refractivity contribution in [3.63, 3.8) is 0 Å². The van der Waals surface area contributed by atoms with Crippen molar-refractivity contribution in [2.75, 3.05) is 24.6 Å². The molecule has 7 heteroatoms. The fourth-order valence-electron chi connectivity index (χ4n) is 2.48. The van der Waals surface area contributed by atoms with Gasteiger partial charge in [0.05, 0.1) is 6.61 Å². The Hall–Kier alpha value is -2.02. The summed E-state index contributed by atoms with van der Waals surface area (Å²) < 4.78 is 10.6. The third kappa shape index (κ3) is 3.50.